The lowest BCUT2D eigenvalue weighted by atomic mass is 9.80. The zero-order chi connectivity index (χ0) is 31.1. The number of methoxy groups -OCH3 is 2. The van der Waals surface area contributed by atoms with E-state index in [2.05, 4.69) is 4.98 Å². The van der Waals surface area contributed by atoms with Crippen molar-refractivity contribution in [2.75, 3.05) is 31.1 Å². The molecule has 0 aliphatic heterocycles. The van der Waals surface area contributed by atoms with Crippen molar-refractivity contribution in [2.24, 2.45) is 13.0 Å². The van der Waals surface area contributed by atoms with Gasteiger partial charge in [0.05, 0.1) is 49.9 Å². The van der Waals surface area contributed by atoms with E-state index in [0.29, 0.717) is 45.9 Å². The van der Waals surface area contributed by atoms with E-state index >= 15 is 4.39 Å². The van der Waals surface area contributed by atoms with Crippen LogP contribution in [-0.4, -0.2) is 47.6 Å². The van der Waals surface area contributed by atoms with Crippen LogP contribution in [-0.2, 0) is 24.8 Å². The largest absolute Gasteiger partial charge is 0.497 e. The Morgan fingerprint density at radius 3 is 2.53 bits per heavy atom. The first-order chi connectivity index (χ1) is 20.5. The molecule has 5 rings (SSSR count). The Kier molecular flexibility index (Phi) is 7.92. The normalized spacial score (nSPS) is 14.2. The number of anilines is 3. The zero-order valence-electron chi connectivity index (χ0n) is 24.5. The lowest BCUT2D eigenvalue weighted by Crippen LogP contribution is -2.47. The molecule has 1 aliphatic rings. The molecule has 43 heavy (non-hydrogen) atoms. The number of aromatic nitrogens is 3. The Morgan fingerprint density at radius 1 is 1.16 bits per heavy atom. The van der Waals surface area contributed by atoms with Crippen LogP contribution in [0.3, 0.4) is 0 Å². The topological polar surface area (TPSA) is 96.5 Å². The van der Waals surface area contributed by atoms with Crippen LogP contribution in [0.25, 0.3) is 11.0 Å². The summed E-state index contributed by atoms with van der Waals surface area (Å²) in [6, 6.07) is 11.6. The summed E-state index contributed by atoms with van der Waals surface area (Å²) in [4.78, 5) is 26.1. The molecule has 9 nitrogen and oxygen atoms in total. The molecule has 0 radical (unpaired) electrons. The number of carbonyl (C=O) groups excluding carboxylic acids is 1. The number of nitrogens with zero attached hydrogens (tertiary/aromatic N) is 6. The molecule has 0 atom stereocenters. The van der Waals surface area contributed by atoms with E-state index in [9.17, 15) is 18.8 Å². The summed E-state index contributed by atoms with van der Waals surface area (Å²) >= 11 is 0. The van der Waals surface area contributed by atoms with E-state index < -0.39 is 36.4 Å². The molecule has 0 unspecified atom stereocenters. The molecule has 1 saturated carbocycles. The average Bonchev–Trinajstić information content (AvgIpc) is 3.37. The van der Waals surface area contributed by atoms with Crippen molar-refractivity contribution in [1.29, 1.82) is 5.26 Å². The molecule has 2 aromatic heterocycles. The van der Waals surface area contributed by atoms with Gasteiger partial charge in [0.2, 0.25) is 11.8 Å². The Hall–Kier alpha value is -4.79. The minimum absolute atomic E-state index is 0.0502. The number of hydrogen-bond donors (Lipinski definition) is 0. The van der Waals surface area contributed by atoms with Crippen molar-refractivity contribution in [3.05, 3.63) is 65.2 Å². The van der Waals surface area contributed by atoms with Gasteiger partial charge in [0.15, 0.2) is 5.82 Å². The number of aryl methyl sites for hydroxylation is 2. The summed E-state index contributed by atoms with van der Waals surface area (Å²) in [5, 5.41) is 9.34. The molecule has 2 heterocycles. The first-order valence-corrected chi connectivity index (χ1v) is 13.7. The number of amides is 1. The van der Waals surface area contributed by atoms with Crippen LogP contribution in [0, 0.1) is 23.1 Å². The maximum absolute atomic E-state index is 15.4. The van der Waals surface area contributed by atoms with Crippen LogP contribution < -0.4 is 19.3 Å². The zero-order valence-corrected chi connectivity index (χ0v) is 24.5. The molecule has 1 aliphatic carbocycles. The minimum Gasteiger partial charge on any atom is -0.497 e. The van der Waals surface area contributed by atoms with Gasteiger partial charge < -0.3 is 18.9 Å². The highest BCUT2D eigenvalue weighted by Gasteiger charge is 2.50. The van der Waals surface area contributed by atoms with Gasteiger partial charge in [0, 0.05) is 50.6 Å². The third-order valence-corrected chi connectivity index (χ3v) is 7.80. The van der Waals surface area contributed by atoms with Crippen LogP contribution in [0.4, 0.5) is 30.5 Å². The molecular formula is C31H31F3N6O3. The number of pyridine rings is 1. The molecule has 1 amide bonds. The predicted molar refractivity (Wildman–Crippen MR) is 155 cm³/mol. The maximum Gasteiger partial charge on any atom is 0.249 e. The van der Waals surface area contributed by atoms with Crippen LogP contribution in [0.5, 0.6) is 11.5 Å². The molecular weight excluding hydrogens is 561 g/mol. The number of benzene rings is 2. The number of hydrogen-bond acceptors (Lipinski definition) is 7. The van der Waals surface area contributed by atoms with Crippen LogP contribution in [0.1, 0.15) is 36.5 Å². The Bertz CT molecular complexity index is 1740. The van der Waals surface area contributed by atoms with E-state index in [1.54, 1.807) is 60.2 Å². The monoisotopic (exact) mass is 592 g/mol. The van der Waals surface area contributed by atoms with Crippen molar-refractivity contribution in [1.82, 2.24) is 14.5 Å². The second kappa shape index (κ2) is 11.5. The van der Waals surface area contributed by atoms with Crippen molar-refractivity contribution >= 4 is 34.3 Å². The highest BCUT2D eigenvalue weighted by Crippen LogP contribution is 2.45. The second-order valence-electron chi connectivity index (χ2n) is 10.6. The third kappa shape index (κ3) is 5.55. The van der Waals surface area contributed by atoms with Gasteiger partial charge >= 0.3 is 0 Å². The quantitative estimate of drug-likeness (QED) is 0.239. The van der Waals surface area contributed by atoms with Gasteiger partial charge in [-0.05, 0) is 36.2 Å². The number of ether oxygens (including phenoxy) is 2. The van der Waals surface area contributed by atoms with Crippen molar-refractivity contribution in [2.45, 2.75) is 38.7 Å². The average molecular weight is 593 g/mol. The SMILES string of the molecule is CCc1cc(C#N)cc(F)c1N(C)c1cc2c(ncn2C)c(N(Cc2ccc(OC)cc2OC)C(=O)C2CC(F)(F)C2)n1. The minimum atomic E-state index is -2.91. The van der Waals surface area contributed by atoms with E-state index in [1.165, 1.54) is 19.1 Å². The molecule has 4 aromatic rings. The number of imidazole rings is 1. The highest BCUT2D eigenvalue weighted by atomic mass is 19.3. The van der Waals surface area contributed by atoms with E-state index in [4.69, 9.17) is 14.5 Å². The number of nitriles is 1. The Morgan fingerprint density at radius 2 is 1.91 bits per heavy atom. The van der Waals surface area contributed by atoms with E-state index in [0.717, 1.165) is 6.07 Å². The number of fused-ring (bicyclic) bond motifs is 1. The molecule has 1 fully saturated rings. The molecule has 0 N–H and O–H groups in total. The van der Waals surface area contributed by atoms with Crippen LogP contribution in [0.2, 0.25) is 0 Å². The molecule has 2 aromatic carbocycles. The molecule has 0 saturated heterocycles. The van der Waals surface area contributed by atoms with E-state index in [-0.39, 0.29) is 23.6 Å². The number of halogens is 3. The summed E-state index contributed by atoms with van der Waals surface area (Å²) in [7, 11) is 6.42. The maximum atomic E-state index is 15.4. The van der Waals surface area contributed by atoms with Gasteiger partial charge in [0.1, 0.15) is 28.7 Å². The van der Waals surface area contributed by atoms with Crippen LogP contribution >= 0.6 is 0 Å². The fourth-order valence-electron chi connectivity index (χ4n) is 5.40. The second-order valence-corrected chi connectivity index (χ2v) is 10.6. The summed E-state index contributed by atoms with van der Waals surface area (Å²) < 4.78 is 55.8. The van der Waals surface area contributed by atoms with Gasteiger partial charge in [-0.1, -0.05) is 6.92 Å². The van der Waals surface area contributed by atoms with Gasteiger partial charge in [-0.25, -0.2) is 23.1 Å². The van der Waals surface area contributed by atoms with Crippen molar-refractivity contribution < 1.29 is 27.4 Å². The lowest BCUT2D eigenvalue weighted by Gasteiger charge is -2.37. The lowest BCUT2D eigenvalue weighted by molar-refractivity contribution is -0.147. The standard InChI is InChI=1S/C31H31F3N6O3/c1-6-19-9-18(15-35)10-23(32)28(19)39(3)26-12-24-27(36-17-38(24)2)29(37-26)40(30(41)21-13-31(33,34)14-21)16-20-7-8-22(42-4)11-25(20)43-5/h7-12,17,21H,6,13-14,16H2,1-5H3. The number of alkyl halides is 2. The Labute approximate surface area is 247 Å². The van der Waals surface area contributed by atoms with Gasteiger partial charge in [-0.3, -0.25) is 9.69 Å². The number of rotatable bonds is 9. The smallest absolute Gasteiger partial charge is 0.249 e. The summed E-state index contributed by atoms with van der Waals surface area (Å²) in [5.74, 6) is -3.53. The molecule has 0 bridgehead atoms. The van der Waals surface area contributed by atoms with Crippen LogP contribution in [0.15, 0.2) is 42.7 Å². The van der Waals surface area contributed by atoms with E-state index in [1.807, 2.05) is 13.0 Å². The fourth-order valence-corrected chi connectivity index (χ4v) is 5.40. The fraction of sp³-hybridized carbons (Fsp3) is 0.355. The van der Waals surface area contributed by atoms with Gasteiger partial charge in [-0.15, -0.1) is 0 Å². The predicted octanol–water partition coefficient (Wildman–Crippen LogP) is 5.91. The number of carbonyl (C=O) groups is 1. The molecule has 0 spiro atoms. The molecule has 224 valence electrons. The van der Waals surface area contributed by atoms with Gasteiger partial charge in [0.25, 0.3) is 0 Å². The molecule has 12 heteroatoms. The first kappa shape index (κ1) is 29.7. The van der Waals surface area contributed by atoms with Gasteiger partial charge in [-0.2, -0.15) is 5.26 Å². The first-order valence-electron chi connectivity index (χ1n) is 13.7. The van der Waals surface area contributed by atoms with Crippen molar-refractivity contribution in [3.63, 3.8) is 0 Å². The summed E-state index contributed by atoms with van der Waals surface area (Å²) in [6.45, 7) is 1.80. The summed E-state index contributed by atoms with van der Waals surface area (Å²) in [6.07, 6.45) is 0.880. The third-order valence-electron chi connectivity index (χ3n) is 7.80. The highest BCUT2D eigenvalue weighted by molar-refractivity contribution is 6.02. The summed E-state index contributed by atoms with van der Waals surface area (Å²) in [5.41, 5.74) is 2.60. The Balaban J connectivity index is 1.67. The van der Waals surface area contributed by atoms with Crippen molar-refractivity contribution in [3.8, 4) is 17.6 Å².